The number of rotatable bonds is 3. The van der Waals surface area contributed by atoms with Crippen molar-refractivity contribution in [1.29, 1.82) is 0 Å². The fraction of sp³-hybridized carbons (Fsp3) is 0.200. The van der Waals surface area contributed by atoms with Crippen LogP contribution in [0.3, 0.4) is 0 Å². The number of nitrogens with one attached hydrogen (secondary N) is 2. The Morgan fingerprint density at radius 1 is 1.31 bits per heavy atom. The molecule has 0 bridgehead atoms. The van der Waals surface area contributed by atoms with Crippen molar-refractivity contribution >= 4 is 40.7 Å². The predicted molar refractivity (Wildman–Crippen MR) is 63.8 cm³/mol. The molecular formula is C10H10Cl2N2O2. The summed E-state index contributed by atoms with van der Waals surface area (Å²) in [6.45, 7) is 1.23. The third-order valence-corrected chi connectivity index (χ3v) is 2.27. The van der Waals surface area contributed by atoms with Crippen molar-refractivity contribution in [3.8, 4) is 0 Å². The van der Waals surface area contributed by atoms with Crippen molar-refractivity contribution in [2.75, 3.05) is 11.9 Å². The Bertz CT molecular complexity index is 421. The van der Waals surface area contributed by atoms with Crippen LogP contribution in [0.1, 0.15) is 6.92 Å². The van der Waals surface area contributed by atoms with E-state index in [9.17, 15) is 9.59 Å². The highest BCUT2D eigenvalue weighted by Gasteiger charge is 2.06. The van der Waals surface area contributed by atoms with Crippen LogP contribution in [-0.4, -0.2) is 18.4 Å². The molecule has 0 aromatic heterocycles. The Hall–Kier alpha value is -1.26. The number of hydrogen-bond acceptors (Lipinski definition) is 2. The fourth-order valence-corrected chi connectivity index (χ4v) is 1.33. The summed E-state index contributed by atoms with van der Waals surface area (Å²) in [5.74, 6) is -0.633. The lowest BCUT2D eigenvalue weighted by molar-refractivity contribution is -0.122. The topological polar surface area (TPSA) is 58.2 Å². The average Bonchev–Trinajstić information content (AvgIpc) is 2.20. The maximum atomic E-state index is 11.4. The summed E-state index contributed by atoms with van der Waals surface area (Å²) in [5, 5.41) is 5.77. The van der Waals surface area contributed by atoms with E-state index in [4.69, 9.17) is 23.2 Å². The van der Waals surface area contributed by atoms with Gasteiger partial charge >= 0.3 is 0 Å². The Balaban J connectivity index is 2.62. The summed E-state index contributed by atoms with van der Waals surface area (Å²) in [4.78, 5) is 21.9. The minimum Gasteiger partial charge on any atom is -0.347 e. The quantitative estimate of drug-likeness (QED) is 0.875. The van der Waals surface area contributed by atoms with Gasteiger partial charge in [-0.25, -0.2) is 0 Å². The first kappa shape index (κ1) is 12.8. The molecule has 2 amide bonds. The van der Waals surface area contributed by atoms with Gasteiger partial charge in [-0.3, -0.25) is 9.59 Å². The molecule has 0 aliphatic rings. The number of amides is 2. The first-order chi connectivity index (χ1) is 7.49. The molecule has 0 atom stereocenters. The van der Waals surface area contributed by atoms with Crippen LogP contribution in [0.2, 0.25) is 10.0 Å². The lowest BCUT2D eigenvalue weighted by Gasteiger charge is -2.07. The maximum Gasteiger partial charge on any atom is 0.243 e. The molecule has 1 rings (SSSR count). The van der Waals surface area contributed by atoms with E-state index < -0.39 is 0 Å². The van der Waals surface area contributed by atoms with E-state index in [1.54, 1.807) is 12.1 Å². The molecule has 4 nitrogen and oxygen atoms in total. The van der Waals surface area contributed by atoms with E-state index >= 15 is 0 Å². The van der Waals surface area contributed by atoms with E-state index in [1.807, 2.05) is 0 Å². The van der Waals surface area contributed by atoms with Crippen molar-refractivity contribution < 1.29 is 9.59 Å². The van der Waals surface area contributed by atoms with Crippen molar-refractivity contribution in [1.82, 2.24) is 5.32 Å². The Kier molecular flexibility index (Phi) is 4.58. The third-order valence-electron chi connectivity index (χ3n) is 1.70. The smallest absolute Gasteiger partial charge is 0.243 e. The van der Waals surface area contributed by atoms with Gasteiger partial charge < -0.3 is 10.6 Å². The second kappa shape index (κ2) is 5.72. The van der Waals surface area contributed by atoms with Gasteiger partial charge in [-0.15, -0.1) is 0 Å². The Morgan fingerprint density at radius 3 is 2.62 bits per heavy atom. The molecule has 0 aliphatic carbocycles. The molecule has 0 spiro atoms. The number of carbonyl (C=O) groups is 2. The van der Waals surface area contributed by atoms with Gasteiger partial charge in [0.15, 0.2) is 0 Å². The Morgan fingerprint density at radius 2 is 2.00 bits per heavy atom. The average molecular weight is 261 g/mol. The second-order valence-corrected chi connectivity index (χ2v) is 3.93. The van der Waals surface area contributed by atoms with Crippen LogP contribution in [0, 0.1) is 0 Å². The molecule has 0 aliphatic heterocycles. The molecule has 0 saturated carbocycles. The van der Waals surface area contributed by atoms with Crippen LogP contribution in [0.25, 0.3) is 0 Å². The van der Waals surface area contributed by atoms with Crippen LogP contribution in [0.4, 0.5) is 5.69 Å². The Labute approximate surface area is 103 Å². The van der Waals surface area contributed by atoms with E-state index in [0.717, 1.165) is 0 Å². The number of hydrogen-bond donors (Lipinski definition) is 2. The van der Waals surface area contributed by atoms with Crippen molar-refractivity contribution in [2.45, 2.75) is 6.92 Å². The van der Waals surface area contributed by atoms with Crippen molar-refractivity contribution in [2.24, 2.45) is 0 Å². The highest BCUT2D eigenvalue weighted by molar-refractivity contribution is 6.35. The fourth-order valence-electron chi connectivity index (χ4n) is 0.992. The molecule has 16 heavy (non-hydrogen) atoms. The summed E-state index contributed by atoms with van der Waals surface area (Å²) in [6, 6.07) is 4.74. The monoisotopic (exact) mass is 260 g/mol. The molecule has 0 heterocycles. The predicted octanol–water partition coefficient (Wildman–Crippen LogP) is 2.07. The van der Waals surface area contributed by atoms with Crippen LogP contribution < -0.4 is 10.6 Å². The van der Waals surface area contributed by atoms with E-state index in [1.165, 1.54) is 13.0 Å². The van der Waals surface area contributed by atoms with Gasteiger partial charge in [-0.2, -0.15) is 0 Å². The molecule has 1 aromatic carbocycles. The third kappa shape index (κ3) is 4.08. The SMILES string of the molecule is CC(=O)NCC(=O)Nc1cc(Cl)ccc1Cl. The molecule has 2 N–H and O–H groups in total. The molecule has 86 valence electrons. The van der Waals surface area contributed by atoms with E-state index in [2.05, 4.69) is 10.6 Å². The minimum absolute atomic E-state index is 0.0990. The van der Waals surface area contributed by atoms with Gasteiger partial charge in [0.2, 0.25) is 11.8 Å². The number of halogens is 2. The van der Waals surface area contributed by atoms with Crippen LogP contribution in [0.15, 0.2) is 18.2 Å². The zero-order chi connectivity index (χ0) is 12.1. The van der Waals surface area contributed by atoms with E-state index in [-0.39, 0.29) is 18.4 Å². The highest BCUT2D eigenvalue weighted by atomic mass is 35.5. The van der Waals surface area contributed by atoms with Crippen LogP contribution in [0.5, 0.6) is 0 Å². The summed E-state index contributed by atoms with van der Waals surface area (Å²) in [5.41, 5.74) is 0.421. The molecule has 0 unspecified atom stereocenters. The number of anilines is 1. The lowest BCUT2D eigenvalue weighted by Crippen LogP contribution is -2.31. The van der Waals surface area contributed by atoms with Gasteiger partial charge in [0.25, 0.3) is 0 Å². The number of carbonyl (C=O) groups excluding carboxylic acids is 2. The van der Waals surface area contributed by atoms with Crippen LogP contribution in [-0.2, 0) is 9.59 Å². The number of benzene rings is 1. The standard InChI is InChI=1S/C10H10Cl2N2O2/c1-6(15)13-5-10(16)14-9-4-7(11)2-3-8(9)12/h2-4H,5H2,1H3,(H,13,15)(H,14,16). The maximum absolute atomic E-state index is 11.4. The second-order valence-electron chi connectivity index (χ2n) is 3.08. The zero-order valence-corrected chi connectivity index (χ0v) is 10.0. The van der Waals surface area contributed by atoms with Gasteiger partial charge in [0, 0.05) is 11.9 Å². The molecule has 0 fully saturated rings. The molecule has 1 aromatic rings. The first-order valence-electron chi connectivity index (χ1n) is 4.48. The van der Waals surface area contributed by atoms with Crippen molar-refractivity contribution in [3.05, 3.63) is 28.2 Å². The van der Waals surface area contributed by atoms with Gasteiger partial charge in [-0.05, 0) is 18.2 Å². The first-order valence-corrected chi connectivity index (χ1v) is 5.24. The van der Waals surface area contributed by atoms with Crippen molar-refractivity contribution in [3.63, 3.8) is 0 Å². The molecular weight excluding hydrogens is 251 g/mol. The summed E-state index contributed by atoms with van der Waals surface area (Å²) in [6.07, 6.45) is 0. The van der Waals surface area contributed by atoms with Gasteiger partial charge in [-0.1, -0.05) is 23.2 Å². The minimum atomic E-state index is -0.362. The zero-order valence-electron chi connectivity index (χ0n) is 8.51. The van der Waals surface area contributed by atoms with E-state index in [0.29, 0.717) is 15.7 Å². The van der Waals surface area contributed by atoms with Crippen LogP contribution >= 0.6 is 23.2 Å². The lowest BCUT2D eigenvalue weighted by atomic mass is 10.3. The van der Waals surface area contributed by atoms with Gasteiger partial charge in [0.1, 0.15) is 0 Å². The normalized spacial score (nSPS) is 9.69. The highest BCUT2D eigenvalue weighted by Crippen LogP contribution is 2.25. The molecule has 0 saturated heterocycles. The molecule has 6 heteroatoms. The van der Waals surface area contributed by atoms with Gasteiger partial charge in [0.05, 0.1) is 17.3 Å². The summed E-state index contributed by atoms with van der Waals surface area (Å²) in [7, 11) is 0. The largest absolute Gasteiger partial charge is 0.347 e. The summed E-state index contributed by atoms with van der Waals surface area (Å²) < 4.78 is 0. The molecule has 0 radical (unpaired) electrons. The summed E-state index contributed by atoms with van der Waals surface area (Å²) >= 11 is 11.6.